The molecule has 0 saturated carbocycles. The lowest BCUT2D eigenvalue weighted by atomic mass is 10.2. The number of carbonyl (C=O) groups is 2. The van der Waals surface area contributed by atoms with Gasteiger partial charge in [0.25, 0.3) is 11.8 Å². The quantitative estimate of drug-likeness (QED) is 0.727. The summed E-state index contributed by atoms with van der Waals surface area (Å²) >= 11 is 7.33. The van der Waals surface area contributed by atoms with E-state index < -0.39 is 5.91 Å². The van der Waals surface area contributed by atoms with Crippen LogP contribution in [-0.4, -0.2) is 16.8 Å². The third-order valence-corrected chi connectivity index (χ3v) is 4.34. The largest absolute Gasteiger partial charge is 0.431 e. The molecule has 2 amide bonds. The Balaban J connectivity index is 1.59. The lowest BCUT2D eigenvalue weighted by molar-refractivity contribution is 0.0944. The Kier molecular flexibility index (Phi) is 4.93. The van der Waals surface area contributed by atoms with Crippen LogP contribution >= 0.6 is 22.9 Å². The zero-order valence-corrected chi connectivity index (χ0v) is 13.9. The maximum atomic E-state index is 12.1. The summed E-state index contributed by atoms with van der Waals surface area (Å²) in [5.41, 5.74) is 0.866. The van der Waals surface area contributed by atoms with Crippen LogP contribution in [-0.2, 0) is 6.54 Å². The van der Waals surface area contributed by atoms with Gasteiger partial charge in [0, 0.05) is 11.6 Å². The summed E-state index contributed by atoms with van der Waals surface area (Å²) in [6.45, 7) is 0.266. The fourth-order valence-electron chi connectivity index (χ4n) is 1.91. The molecular weight excluding hydrogens is 350 g/mol. The number of nitrogens with one attached hydrogen (secondary N) is 2. The fraction of sp³-hybridized carbons (Fsp3) is 0.0625. The zero-order valence-electron chi connectivity index (χ0n) is 12.3. The molecule has 0 unspecified atom stereocenters. The van der Waals surface area contributed by atoms with Gasteiger partial charge in [-0.25, -0.2) is 0 Å². The highest BCUT2D eigenvalue weighted by atomic mass is 35.5. The van der Waals surface area contributed by atoms with Crippen molar-refractivity contribution in [1.82, 2.24) is 10.3 Å². The van der Waals surface area contributed by atoms with Gasteiger partial charge in [0.15, 0.2) is 5.69 Å². The summed E-state index contributed by atoms with van der Waals surface area (Å²) in [5.74, 6) is -0.759. The van der Waals surface area contributed by atoms with Gasteiger partial charge in [-0.3, -0.25) is 14.9 Å². The van der Waals surface area contributed by atoms with E-state index in [4.69, 9.17) is 16.0 Å². The molecule has 0 atom stereocenters. The Morgan fingerprint density at radius 2 is 2.00 bits per heavy atom. The van der Waals surface area contributed by atoms with Crippen LogP contribution in [0.5, 0.6) is 0 Å². The predicted molar refractivity (Wildman–Crippen MR) is 91.4 cm³/mol. The molecule has 8 heteroatoms. The van der Waals surface area contributed by atoms with Crippen LogP contribution in [0, 0.1) is 0 Å². The fourth-order valence-corrected chi connectivity index (χ4v) is 2.73. The number of hydrogen-bond acceptors (Lipinski definition) is 5. The Labute approximate surface area is 146 Å². The second kappa shape index (κ2) is 7.29. The molecular formula is C16H12ClN3O3S. The summed E-state index contributed by atoms with van der Waals surface area (Å²) in [5, 5.41) is 7.55. The summed E-state index contributed by atoms with van der Waals surface area (Å²) in [4.78, 5) is 28.4. The maximum absolute atomic E-state index is 12.1. The zero-order chi connectivity index (χ0) is 16.9. The van der Waals surface area contributed by atoms with Crippen LogP contribution in [0.2, 0.25) is 5.02 Å². The lowest BCUT2D eigenvalue weighted by Gasteiger charge is -2.04. The molecule has 2 heterocycles. The molecule has 0 fully saturated rings. The van der Waals surface area contributed by atoms with Crippen molar-refractivity contribution in [2.45, 2.75) is 6.54 Å². The van der Waals surface area contributed by atoms with Gasteiger partial charge in [-0.15, -0.1) is 11.3 Å². The molecule has 0 saturated heterocycles. The minimum atomic E-state index is -0.421. The number of carbonyl (C=O) groups excluding carboxylic acids is 2. The second-order valence-electron chi connectivity index (χ2n) is 4.74. The average molecular weight is 362 g/mol. The van der Waals surface area contributed by atoms with Crippen LogP contribution in [0.25, 0.3) is 0 Å². The molecule has 6 nitrogen and oxygen atoms in total. The SMILES string of the molecule is O=C(NCc1ccccc1Cl)c1coc(NC(=O)c2cccs2)n1. The topological polar surface area (TPSA) is 84.2 Å². The van der Waals surface area contributed by atoms with Gasteiger partial charge in [-0.05, 0) is 23.1 Å². The van der Waals surface area contributed by atoms with Crippen LogP contribution in [0.3, 0.4) is 0 Å². The monoisotopic (exact) mass is 361 g/mol. The number of benzene rings is 1. The Hall–Kier alpha value is -2.64. The number of anilines is 1. The van der Waals surface area contributed by atoms with Crippen LogP contribution in [0.15, 0.2) is 52.5 Å². The van der Waals surface area contributed by atoms with E-state index >= 15 is 0 Å². The van der Waals surface area contributed by atoms with Gasteiger partial charge in [0.05, 0.1) is 4.88 Å². The number of halogens is 1. The highest BCUT2D eigenvalue weighted by Crippen LogP contribution is 2.15. The molecule has 2 N–H and O–H groups in total. The lowest BCUT2D eigenvalue weighted by Crippen LogP contribution is -2.23. The van der Waals surface area contributed by atoms with Gasteiger partial charge in [0.1, 0.15) is 6.26 Å². The molecule has 0 bridgehead atoms. The first-order chi connectivity index (χ1) is 11.6. The van der Waals surface area contributed by atoms with E-state index in [1.165, 1.54) is 17.6 Å². The number of oxazole rings is 1. The average Bonchev–Trinajstić information content (AvgIpc) is 3.25. The molecule has 0 aliphatic heterocycles. The molecule has 0 aliphatic carbocycles. The van der Waals surface area contributed by atoms with Crippen molar-refractivity contribution >= 4 is 40.8 Å². The number of amides is 2. The summed E-state index contributed by atoms with van der Waals surface area (Å²) in [6, 6.07) is 10.6. The highest BCUT2D eigenvalue weighted by molar-refractivity contribution is 7.12. The molecule has 0 radical (unpaired) electrons. The molecule has 0 aliphatic rings. The maximum Gasteiger partial charge on any atom is 0.302 e. The Bertz CT molecular complexity index is 861. The molecule has 3 aromatic rings. The first-order valence-corrected chi connectivity index (χ1v) is 8.21. The van der Waals surface area contributed by atoms with Gasteiger partial charge in [0.2, 0.25) is 0 Å². The number of aromatic nitrogens is 1. The minimum absolute atomic E-state index is 0.0312. The molecule has 0 spiro atoms. The molecule has 24 heavy (non-hydrogen) atoms. The van der Waals surface area contributed by atoms with E-state index in [-0.39, 0.29) is 24.2 Å². The van der Waals surface area contributed by atoms with Gasteiger partial charge in [-0.2, -0.15) is 4.98 Å². The predicted octanol–water partition coefficient (Wildman–Crippen LogP) is 3.57. The Morgan fingerprint density at radius 3 is 2.75 bits per heavy atom. The van der Waals surface area contributed by atoms with Gasteiger partial charge >= 0.3 is 6.01 Å². The smallest absolute Gasteiger partial charge is 0.302 e. The standard InChI is InChI=1S/C16H12ClN3O3S/c17-11-5-2-1-4-10(11)8-18-14(21)12-9-23-16(19-12)20-15(22)13-6-3-7-24-13/h1-7,9H,8H2,(H,18,21)(H,19,20,22). The normalized spacial score (nSPS) is 10.4. The van der Waals surface area contributed by atoms with E-state index in [1.54, 1.807) is 23.6 Å². The molecule has 3 rings (SSSR count). The number of thiophene rings is 1. The van der Waals surface area contributed by atoms with Crippen LogP contribution in [0.1, 0.15) is 25.7 Å². The Morgan fingerprint density at radius 1 is 1.17 bits per heavy atom. The third-order valence-electron chi connectivity index (χ3n) is 3.10. The van der Waals surface area contributed by atoms with Crippen molar-refractivity contribution in [2.24, 2.45) is 0 Å². The van der Waals surface area contributed by atoms with Crippen LogP contribution in [0.4, 0.5) is 6.01 Å². The third kappa shape index (κ3) is 3.81. The number of hydrogen-bond donors (Lipinski definition) is 2. The van der Waals surface area contributed by atoms with Crippen molar-refractivity contribution in [2.75, 3.05) is 5.32 Å². The highest BCUT2D eigenvalue weighted by Gasteiger charge is 2.15. The van der Waals surface area contributed by atoms with E-state index in [0.29, 0.717) is 9.90 Å². The summed E-state index contributed by atoms with van der Waals surface area (Å²) < 4.78 is 5.10. The minimum Gasteiger partial charge on any atom is -0.431 e. The van der Waals surface area contributed by atoms with Crippen molar-refractivity contribution < 1.29 is 14.0 Å². The van der Waals surface area contributed by atoms with E-state index in [9.17, 15) is 9.59 Å². The summed E-state index contributed by atoms with van der Waals surface area (Å²) in [7, 11) is 0. The summed E-state index contributed by atoms with van der Waals surface area (Å²) in [6.07, 6.45) is 1.19. The van der Waals surface area contributed by atoms with E-state index in [1.807, 2.05) is 18.2 Å². The van der Waals surface area contributed by atoms with Crippen molar-refractivity contribution in [1.29, 1.82) is 0 Å². The van der Waals surface area contributed by atoms with Gasteiger partial charge < -0.3 is 9.73 Å². The first-order valence-electron chi connectivity index (χ1n) is 6.95. The molecule has 2 aromatic heterocycles. The second-order valence-corrected chi connectivity index (χ2v) is 6.10. The van der Waals surface area contributed by atoms with E-state index in [2.05, 4.69) is 15.6 Å². The number of nitrogens with zero attached hydrogens (tertiary/aromatic N) is 1. The molecule has 1 aromatic carbocycles. The van der Waals surface area contributed by atoms with E-state index in [0.717, 1.165) is 5.56 Å². The first kappa shape index (κ1) is 16.2. The van der Waals surface area contributed by atoms with Crippen molar-refractivity contribution in [3.63, 3.8) is 0 Å². The van der Waals surface area contributed by atoms with Crippen molar-refractivity contribution in [3.05, 3.63) is 69.2 Å². The molecule has 122 valence electrons. The van der Waals surface area contributed by atoms with Crippen LogP contribution < -0.4 is 10.6 Å². The van der Waals surface area contributed by atoms with Crippen molar-refractivity contribution in [3.8, 4) is 0 Å². The van der Waals surface area contributed by atoms with Gasteiger partial charge in [-0.1, -0.05) is 35.9 Å². The number of rotatable bonds is 5.